The molecule has 0 aliphatic rings. The van der Waals surface area contributed by atoms with Gasteiger partial charge in [0.25, 0.3) is 5.91 Å². The third kappa shape index (κ3) is 6.03. The van der Waals surface area contributed by atoms with Crippen LogP contribution in [0.2, 0.25) is 5.02 Å². The highest BCUT2D eigenvalue weighted by Crippen LogP contribution is 2.35. The van der Waals surface area contributed by atoms with Crippen LogP contribution in [0.4, 0.5) is 5.69 Å². The van der Waals surface area contributed by atoms with Gasteiger partial charge in [0, 0.05) is 15.2 Å². The molecule has 1 amide bonds. The third-order valence-corrected chi connectivity index (χ3v) is 5.32. The fourth-order valence-electron chi connectivity index (χ4n) is 2.72. The van der Waals surface area contributed by atoms with Crippen molar-refractivity contribution >= 4 is 45.2 Å². The van der Waals surface area contributed by atoms with E-state index < -0.39 is 5.91 Å². The molecular weight excluding hydrogens is 496 g/mol. The number of benzene rings is 3. The SMILES string of the molecule is COc1cc(/C=C(\C#N)C(=O)Nc2ccc(O)cc2)c(Br)cc1OCc1ccc(Cl)cc1. The minimum absolute atomic E-state index is 0.0773. The maximum Gasteiger partial charge on any atom is 0.266 e. The number of amides is 1. The van der Waals surface area contributed by atoms with Gasteiger partial charge >= 0.3 is 0 Å². The zero-order valence-corrected chi connectivity index (χ0v) is 19.3. The number of nitriles is 1. The summed E-state index contributed by atoms with van der Waals surface area (Å²) in [5.74, 6) is 0.448. The predicted octanol–water partition coefficient (Wildman–Crippen LogP) is 5.94. The Morgan fingerprint density at radius 2 is 1.84 bits per heavy atom. The van der Waals surface area contributed by atoms with Crippen molar-refractivity contribution in [3.8, 4) is 23.3 Å². The average molecular weight is 514 g/mol. The van der Waals surface area contributed by atoms with Crippen LogP contribution in [0.3, 0.4) is 0 Å². The van der Waals surface area contributed by atoms with Gasteiger partial charge in [-0.1, -0.05) is 39.7 Å². The summed E-state index contributed by atoms with van der Waals surface area (Å²) in [6, 6.07) is 18.6. The number of nitrogens with zero attached hydrogens (tertiary/aromatic N) is 1. The highest BCUT2D eigenvalue weighted by atomic mass is 79.9. The summed E-state index contributed by atoms with van der Waals surface area (Å²) in [6.07, 6.45) is 1.45. The first-order chi connectivity index (χ1) is 15.4. The van der Waals surface area contributed by atoms with E-state index in [4.69, 9.17) is 21.1 Å². The molecule has 0 unspecified atom stereocenters. The van der Waals surface area contributed by atoms with Gasteiger partial charge in [0.15, 0.2) is 11.5 Å². The molecule has 3 aromatic rings. The van der Waals surface area contributed by atoms with Crippen LogP contribution in [0.1, 0.15) is 11.1 Å². The maximum absolute atomic E-state index is 12.5. The molecule has 8 heteroatoms. The number of halogens is 2. The van der Waals surface area contributed by atoms with Gasteiger partial charge in [0.2, 0.25) is 0 Å². The lowest BCUT2D eigenvalue weighted by Gasteiger charge is -2.13. The molecule has 0 spiro atoms. The number of hydrogen-bond acceptors (Lipinski definition) is 5. The summed E-state index contributed by atoms with van der Waals surface area (Å²) in [5.41, 5.74) is 1.86. The van der Waals surface area contributed by atoms with Crippen molar-refractivity contribution in [2.45, 2.75) is 6.61 Å². The van der Waals surface area contributed by atoms with Crippen LogP contribution in [-0.4, -0.2) is 18.1 Å². The van der Waals surface area contributed by atoms with E-state index in [0.29, 0.717) is 38.9 Å². The van der Waals surface area contributed by atoms with E-state index in [-0.39, 0.29) is 11.3 Å². The van der Waals surface area contributed by atoms with Crippen LogP contribution in [0.25, 0.3) is 6.08 Å². The molecule has 0 aromatic heterocycles. The van der Waals surface area contributed by atoms with Crippen LogP contribution in [0.15, 0.2) is 70.7 Å². The first-order valence-electron chi connectivity index (χ1n) is 9.36. The first-order valence-corrected chi connectivity index (χ1v) is 10.5. The third-order valence-electron chi connectivity index (χ3n) is 4.38. The Hall–Kier alpha value is -3.47. The summed E-state index contributed by atoms with van der Waals surface area (Å²) in [5, 5.41) is 22.1. The number of ether oxygens (including phenoxy) is 2. The van der Waals surface area contributed by atoms with Crippen molar-refractivity contribution in [1.29, 1.82) is 5.26 Å². The second-order valence-electron chi connectivity index (χ2n) is 6.61. The summed E-state index contributed by atoms with van der Waals surface area (Å²) in [4.78, 5) is 12.5. The molecule has 32 heavy (non-hydrogen) atoms. The van der Waals surface area contributed by atoms with Crippen molar-refractivity contribution in [2.75, 3.05) is 12.4 Å². The quantitative estimate of drug-likeness (QED) is 0.232. The number of methoxy groups -OCH3 is 1. The summed E-state index contributed by atoms with van der Waals surface area (Å²) < 4.78 is 11.9. The van der Waals surface area contributed by atoms with Crippen molar-refractivity contribution in [3.05, 3.63) is 86.9 Å². The number of phenols is 1. The van der Waals surface area contributed by atoms with Gasteiger partial charge < -0.3 is 19.9 Å². The molecule has 162 valence electrons. The minimum Gasteiger partial charge on any atom is -0.508 e. The number of phenolic OH excluding ortho intramolecular Hbond substituents is 1. The van der Waals surface area contributed by atoms with Crippen molar-refractivity contribution in [3.63, 3.8) is 0 Å². The summed E-state index contributed by atoms with van der Waals surface area (Å²) in [7, 11) is 1.51. The number of aromatic hydroxyl groups is 1. The Morgan fingerprint density at radius 3 is 2.47 bits per heavy atom. The van der Waals surface area contributed by atoms with Crippen molar-refractivity contribution in [1.82, 2.24) is 0 Å². The molecule has 0 saturated heterocycles. The lowest BCUT2D eigenvalue weighted by Crippen LogP contribution is -2.13. The van der Waals surface area contributed by atoms with E-state index in [2.05, 4.69) is 21.2 Å². The Bertz CT molecular complexity index is 1190. The Balaban J connectivity index is 1.80. The van der Waals surface area contributed by atoms with Gasteiger partial charge in [-0.3, -0.25) is 4.79 Å². The Kier molecular flexibility index (Phi) is 7.77. The fraction of sp³-hybridized carbons (Fsp3) is 0.0833. The smallest absolute Gasteiger partial charge is 0.266 e. The van der Waals surface area contributed by atoms with Crippen LogP contribution < -0.4 is 14.8 Å². The second-order valence-corrected chi connectivity index (χ2v) is 7.90. The van der Waals surface area contributed by atoms with Crippen LogP contribution in [0, 0.1) is 11.3 Å². The molecule has 0 saturated carbocycles. The number of rotatable bonds is 7. The number of carbonyl (C=O) groups is 1. The molecule has 3 aromatic carbocycles. The Morgan fingerprint density at radius 1 is 1.16 bits per heavy atom. The van der Waals surface area contributed by atoms with Gasteiger partial charge in [0.1, 0.15) is 24.0 Å². The molecule has 0 aliphatic carbocycles. The summed E-state index contributed by atoms with van der Waals surface area (Å²) in [6.45, 7) is 0.313. The van der Waals surface area contributed by atoms with Gasteiger partial charge in [0.05, 0.1) is 7.11 Å². The van der Waals surface area contributed by atoms with Crippen molar-refractivity contribution in [2.24, 2.45) is 0 Å². The Labute approximate surface area is 198 Å². The molecular formula is C24H18BrClN2O4. The molecule has 0 fully saturated rings. The van der Waals surface area contributed by atoms with Crippen LogP contribution in [-0.2, 0) is 11.4 Å². The number of carbonyl (C=O) groups excluding carboxylic acids is 1. The van der Waals surface area contributed by atoms with E-state index >= 15 is 0 Å². The lowest BCUT2D eigenvalue weighted by molar-refractivity contribution is -0.112. The van der Waals surface area contributed by atoms with Crippen LogP contribution in [0.5, 0.6) is 17.2 Å². The molecule has 2 N–H and O–H groups in total. The van der Waals surface area contributed by atoms with E-state index in [1.165, 1.54) is 37.5 Å². The predicted molar refractivity (Wildman–Crippen MR) is 127 cm³/mol. The highest BCUT2D eigenvalue weighted by molar-refractivity contribution is 9.10. The minimum atomic E-state index is -0.577. The standard InChI is InChI=1S/C24H18BrClN2O4/c1-31-22-11-16(10-17(13-27)24(30)28-19-6-8-20(29)9-7-19)21(25)12-23(22)32-14-15-2-4-18(26)5-3-15/h2-12,29H,14H2,1H3,(H,28,30)/b17-10+. The molecule has 0 heterocycles. The van der Waals surface area contributed by atoms with E-state index in [1.807, 2.05) is 18.2 Å². The fourth-order valence-corrected chi connectivity index (χ4v) is 3.29. The van der Waals surface area contributed by atoms with Gasteiger partial charge in [-0.15, -0.1) is 0 Å². The molecule has 3 rings (SSSR count). The largest absolute Gasteiger partial charge is 0.508 e. The lowest BCUT2D eigenvalue weighted by atomic mass is 10.1. The van der Waals surface area contributed by atoms with Gasteiger partial charge in [-0.25, -0.2) is 0 Å². The maximum atomic E-state index is 12.5. The van der Waals surface area contributed by atoms with E-state index in [9.17, 15) is 15.2 Å². The topological polar surface area (TPSA) is 91.6 Å². The second kappa shape index (κ2) is 10.7. The number of nitrogens with one attached hydrogen (secondary N) is 1. The van der Waals surface area contributed by atoms with Crippen molar-refractivity contribution < 1.29 is 19.4 Å². The highest BCUT2D eigenvalue weighted by Gasteiger charge is 2.14. The monoisotopic (exact) mass is 512 g/mol. The average Bonchev–Trinajstić information content (AvgIpc) is 2.79. The number of hydrogen-bond donors (Lipinski definition) is 2. The molecule has 6 nitrogen and oxygen atoms in total. The molecule has 0 radical (unpaired) electrons. The van der Waals surface area contributed by atoms with E-state index in [0.717, 1.165) is 5.56 Å². The first kappa shape index (κ1) is 23.2. The summed E-state index contributed by atoms with van der Waals surface area (Å²) >= 11 is 9.37. The van der Waals surface area contributed by atoms with E-state index in [1.54, 1.807) is 24.3 Å². The molecule has 0 bridgehead atoms. The van der Waals surface area contributed by atoms with Gasteiger partial charge in [-0.05, 0) is 65.7 Å². The molecule has 0 atom stereocenters. The zero-order valence-electron chi connectivity index (χ0n) is 16.9. The van der Waals surface area contributed by atoms with Crippen LogP contribution >= 0.6 is 27.5 Å². The zero-order chi connectivity index (χ0) is 23.1. The van der Waals surface area contributed by atoms with Gasteiger partial charge in [-0.2, -0.15) is 5.26 Å². The molecule has 0 aliphatic heterocycles. The number of anilines is 1. The normalized spacial score (nSPS) is 10.9.